The summed E-state index contributed by atoms with van der Waals surface area (Å²) in [6.45, 7) is 3.80. The molecule has 1 atom stereocenters. The van der Waals surface area contributed by atoms with Gasteiger partial charge >= 0.3 is 0 Å². The summed E-state index contributed by atoms with van der Waals surface area (Å²) in [4.78, 5) is 7.17. The highest BCUT2D eigenvalue weighted by Crippen LogP contribution is 2.24. The van der Waals surface area contributed by atoms with Crippen LogP contribution in [0.3, 0.4) is 0 Å². The minimum atomic E-state index is -0.618. The Kier molecular flexibility index (Phi) is 3.17. The molecule has 0 aliphatic carbocycles. The highest BCUT2D eigenvalue weighted by atomic mass is 19.1. The fourth-order valence-electron chi connectivity index (χ4n) is 1.63. The quantitative estimate of drug-likeness (QED) is 0.881. The molecule has 0 saturated carbocycles. The van der Waals surface area contributed by atoms with Crippen LogP contribution in [0.1, 0.15) is 26.1 Å². The van der Waals surface area contributed by atoms with Crippen LogP contribution in [-0.4, -0.2) is 9.97 Å². The van der Waals surface area contributed by atoms with E-state index < -0.39 is 17.2 Å². The van der Waals surface area contributed by atoms with Gasteiger partial charge in [-0.2, -0.15) is 0 Å². The van der Waals surface area contributed by atoms with Gasteiger partial charge in [-0.05, 0) is 25.5 Å². The molecule has 0 bridgehead atoms. The number of nitrogens with zero attached hydrogens (tertiary/aromatic N) is 1. The fourth-order valence-corrected chi connectivity index (χ4v) is 1.63. The molecule has 3 nitrogen and oxygen atoms in total. The third kappa shape index (κ3) is 2.41. The average molecular weight is 251 g/mol. The van der Waals surface area contributed by atoms with E-state index in [1.165, 1.54) is 18.3 Å². The lowest BCUT2D eigenvalue weighted by Gasteiger charge is -2.19. The van der Waals surface area contributed by atoms with Crippen molar-refractivity contribution in [2.75, 3.05) is 0 Å². The van der Waals surface area contributed by atoms with E-state index in [1.807, 2.05) is 13.8 Å². The maximum Gasteiger partial charge on any atom is 0.126 e. The molecular formula is C13H15F2N3. The Bertz CT molecular complexity index is 541. The molecule has 1 heterocycles. The molecule has 2 aromatic rings. The summed E-state index contributed by atoms with van der Waals surface area (Å²) in [5, 5.41) is 0. The van der Waals surface area contributed by atoms with Crippen molar-refractivity contribution in [3.8, 4) is 11.3 Å². The number of imidazole rings is 1. The molecule has 1 aromatic heterocycles. The SMILES string of the molecule is CCC(C)(N)c1ncc(-c2cc(F)cc(F)c2)[nH]1. The van der Waals surface area contributed by atoms with Crippen molar-refractivity contribution in [3.63, 3.8) is 0 Å². The van der Waals surface area contributed by atoms with Gasteiger partial charge in [-0.15, -0.1) is 0 Å². The monoisotopic (exact) mass is 251 g/mol. The molecule has 0 aliphatic heterocycles. The van der Waals surface area contributed by atoms with Crippen LogP contribution in [0.15, 0.2) is 24.4 Å². The van der Waals surface area contributed by atoms with Crippen molar-refractivity contribution >= 4 is 0 Å². The van der Waals surface area contributed by atoms with E-state index in [1.54, 1.807) is 0 Å². The van der Waals surface area contributed by atoms with Crippen LogP contribution in [0.4, 0.5) is 8.78 Å². The van der Waals surface area contributed by atoms with Crippen molar-refractivity contribution in [1.29, 1.82) is 0 Å². The Morgan fingerprint density at radius 2 is 1.89 bits per heavy atom. The van der Waals surface area contributed by atoms with E-state index in [9.17, 15) is 8.78 Å². The summed E-state index contributed by atoms with van der Waals surface area (Å²) in [5.74, 6) is -0.635. The van der Waals surface area contributed by atoms with Crippen molar-refractivity contribution in [2.24, 2.45) is 5.73 Å². The first-order valence-corrected chi connectivity index (χ1v) is 5.73. The summed E-state index contributed by atoms with van der Waals surface area (Å²) in [5.41, 5.74) is 6.43. The lowest BCUT2D eigenvalue weighted by Crippen LogP contribution is -2.33. The largest absolute Gasteiger partial charge is 0.340 e. The van der Waals surface area contributed by atoms with Gasteiger partial charge in [0, 0.05) is 11.6 Å². The van der Waals surface area contributed by atoms with Crippen molar-refractivity contribution < 1.29 is 8.78 Å². The second-order valence-electron chi connectivity index (χ2n) is 4.57. The first-order valence-electron chi connectivity index (χ1n) is 5.73. The highest BCUT2D eigenvalue weighted by molar-refractivity contribution is 5.58. The predicted molar refractivity (Wildman–Crippen MR) is 65.8 cm³/mol. The highest BCUT2D eigenvalue weighted by Gasteiger charge is 2.22. The summed E-state index contributed by atoms with van der Waals surface area (Å²) >= 11 is 0. The van der Waals surface area contributed by atoms with Gasteiger partial charge in [0.15, 0.2) is 0 Å². The molecule has 1 aromatic carbocycles. The van der Waals surface area contributed by atoms with E-state index in [4.69, 9.17) is 5.73 Å². The predicted octanol–water partition coefficient (Wildman–Crippen LogP) is 2.94. The van der Waals surface area contributed by atoms with E-state index in [0.29, 0.717) is 23.5 Å². The number of hydrogen-bond donors (Lipinski definition) is 2. The number of H-pyrrole nitrogens is 1. The molecule has 0 amide bonds. The van der Waals surface area contributed by atoms with Gasteiger partial charge in [0.1, 0.15) is 17.5 Å². The lowest BCUT2D eigenvalue weighted by molar-refractivity contribution is 0.450. The maximum atomic E-state index is 13.1. The summed E-state index contributed by atoms with van der Waals surface area (Å²) in [6.07, 6.45) is 2.24. The van der Waals surface area contributed by atoms with Gasteiger partial charge in [-0.25, -0.2) is 13.8 Å². The Hall–Kier alpha value is -1.75. The minimum Gasteiger partial charge on any atom is -0.340 e. The number of aromatic amines is 1. The molecule has 5 heteroatoms. The summed E-state index contributed by atoms with van der Waals surface area (Å²) in [7, 11) is 0. The van der Waals surface area contributed by atoms with Gasteiger partial charge in [-0.3, -0.25) is 0 Å². The van der Waals surface area contributed by atoms with Crippen molar-refractivity contribution in [2.45, 2.75) is 25.8 Å². The van der Waals surface area contributed by atoms with Crippen LogP contribution in [-0.2, 0) is 5.54 Å². The lowest BCUT2D eigenvalue weighted by atomic mass is 10.00. The van der Waals surface area contributed by atoms with Crippen molar-refractivity contribution in [1.82, 2.24) is 9.97 Å². The molecule has 1 unspecified atom stereocenters. The standard InChI is InChI=1S/C13H15F2N3/c1-3-13(2,16)12-17-7-11(18-12)8-4-9(14)6-10(15)5-8/h4-7H,3,16H2,1-2H3,(H,17,18). The number of hydrogen-bond acceptors (Lipinski definition) is 2. The Balaban J connectivity index is 2.41. The Labute approximate surface area is 104 Å². The Morgan fingerprint density at radius 1 is 1.28 bits per heavy atom. The molecule has 2 rings (SSSR count). The zero-order valence-corrected chi connectivity index (χ0v) is 10.3. The third-order valence-electron chi connectivity index (χ3n) is 3.02. The summed E-state index contributed by atoms with van der Waals surface area (Å²) < 4.78 is 26.2. The van der Waals surface area contributed by atoms with E-state index in [0.717, 1.165) is 6.07 Å². The van der Waals surface area contributed by atoms with Crippen molar-refractivity contribution in [3.05, 3.63) is 41.9 Å². The zero-order valence-electron chi connectivity index (χ0n) is 10.3. The van der Waals surface area contributed by atoms with Crippen LogP contribution < -0.4 is 5.73 Å². The van der Waals surface area contributed by atoms with E-state index in [2.05, 4.69) is 9.97 Å². The van der Waals surface area contributed by atoms with Gasteiger partial charge in [0.25, 0.3) is 0 Å². The summed E-state index contributed by atoms with van der Waals surface area (Å²) in [6, 6.07) is 3.33. The van der Waals surface area contributed by atoms with Crippen LogP contribution in [0, 0.1) is 11.6 Å². The second-order valence-corrected chi connectivity index (χ2v) is 4.57. The smallest absolute Gasteiger partial charge is 0.126 e. The topological polar surface area (TPSA) is 54.7 Å². The zero-order chi connectivity index (χ0) is 13.3. The van der Waals surface area contributed by atoms with E-state index in [-0.39, 0.29) is 0 Å². The molecule has 0 spiro atoms. The van der Waals surface area contributed by atoms with Crippen LogP contribution >= 0.6 is 0 Å². The first-order chi connectivity index (χ1) is 8.42. The maximum absolute atomic E-state index is 13.1. The molecular weight excluding hydrogens is 236 g/mol. The van der Waals surface area contributed by atoms with Crippen LogP contribution in [0.2, 0.25) is 0 Å². The molecule has 0 aliphatic rings. The fraction of sp³-hybridized carbons (Fsp3) is 0.308. The molecule has 0 saturated heterocycles. The van der Waals surface area contributed by atoms with Gasteiger partial charge in [-0.1, -0.05) is 6.92 Å². The molecule has 3 N–H and O–H groups in total. The Morgan fingerprint density at radius 3 is 2.44 bits per heavy atom. The minimum absolute atomic E-state index is 0.415. The van der Waals surface area contributed by atoms with Crippen LogP contribution in [0.5, 0.6) is 0 Å². The normalized spacial score (nSPS) is 14.5. The molecule has 0 fully saturated rings. The number of nitrogens with two attached hydrogens (primary N) is 1. The molecule has 18 heavy (non-hydrogen) atoms. The molecule has 0 radical (unpaired) electrons. The number of nitrogens with one attached hydrogen (secondary N) is 1. The van der Waals surface area contributed by atoms with Gasteiger partial charge in [0.05, 0.1) is 17.4 Å². The third-order valence-corrected chi connectivity index (χ3v) is 3.02. The van der Waals surface area contributed by atoms with Crippen LogP contribution in [0.25, 0.3) is 11.3 Å². The first kappa shape index (κ1) is 12.7. The van der Waals surface area contributed by atoms with E-state index >= 15 is 0 Å². The van der Waals surface area contributed by atoms with Gasteiger partial charge in [0.2, 0.25) is 0 Å². The number of aromatic nitrogens is 2. The number of halogens is 2. The second kappa shape index (κ2) is 4.49. The number of benzene rings is 1. The molecule has 96 valence electrons. The average Bonchev–Trinajstić information content (AvgIpc) is 2.77. The number of rotatable bonds is 3. The van der Waals surface area contributed by atoms with Gasteiger partial charge < -0.3 is 10.7 Å².